The van der Waals surface area contributed by atoms with Crippen LogP contribution in [-0.4, -0.2) is 78.1 Å². The van der Waals surface area contributed by atoms with E-state index in [0.29, 0.717) is 57.2 Å². The van der Waals surface area contributed by atoms with E-state index in [9.17, 15) is 14.4 Å². The van der Waals surface area contributed by atoms with Gasteiger partial charge in [-0.05, 0) is 30.5 Å². The first-order valence-electron chi connectivity index (χ1n) is 10.0. The third-order valence-corrected chi connectivity index (χ3v) is 5.65. The number of fused-ring (bicyclic) bond motifs is 1. The fraction of sp³-hybridized carbons (Fsp3) is 0.550. The van der Waals surface area contributed by atoms with Crippen LogP contribution >= 0.6 is 0 Å². The quantitative estimate of drug-likeness (QED) is 0.759. The number of carbonyl (C=O) groups excluding carboxylic acids is 3. The van der Waals surface area contributed by atoms with Crippen LogP contribution in [-0.2, 0) is 16.1 Å². The number of nitrogens with one attached hydrogen (secondary N) is 1. The Hall–Kier alpha value is -2.97. The normalized spacial score (nSPS) is 20.2. The predicted octanol–water partition coefficient (Wildman–Crippen LogP) is 0.780. The average Bonchev–Trinajstić information content (AvgIpc) is 3.44. The zero-order chi connectivity index (χ0) is 20.4. The Kier molecular flexibility index (Phi) is 5.46. The van der Waals surface area contributed by atoms with E-state index < -0.39 is 6.04 Å². The first kappa shape index (κ1) is 19.4. The second-order valence-electron chi connectivity index (χ2n) is 7.54. The molecule has 0 saturated carbocycles. The van der Waals surface area contributed by atoms with Gasteiger partial charge in [0, 0.05) is 46.2 Å². The molecule has 0 spiro atoms. The van der Waals surface area contributed by atoms with E-state index in [1.807, 2.05) is 18.2 Å². The highest BCUT2D eigenvalue weighted by atomic mass is 16.7. The molecule has 29 heavy (non-hydrogen) atoms. The smallest absolute Gasteiger partial charge is 0.317 e. The van der Waals surface area contributed by atoms with Gasteiger partial charge in [-0.15, -0.1) is 0 Å². The number of urea groups is 1. The fourth-order valence-corrected chi connectivity index (χ4v) is 4.10. The minimum atomic E-state index is -0.436. The number of likely N-dealkylation sites (tertiary alicyclic amines) is 1. The molecule has 2 saturated heterocycles. The lowest BCUT2D eigenvalue weighted by atomic mass is 10.1. The van der Waals surface area contributed by atoms with Gasteiger partial charge in [0.15, 0.2) is 11.5 Å². The summed E-state index contributed by atoms with van der Waals surface area (Å²) < 4.78 is 10.8. The van der Waals surface area contributed by atoms with Gasteiger partial charge >= 0.3 is 6.03 Å². The Balaban J connectivity index is 1.50. The van der Waals surface area contributed by atoms with E-state index in [2.05, 4.69) is 5.32 Å². The molecule has 156 valence electrons. The Morgan fingerprint density at radius 3 is 2.83 bits per heavy atom. The van der Waals surface area contributed by atoms with Gasteiger partial charge in [-0.25, -0.2) is 4.79 Å². The van der Waals surface area contributed by atoms with Gasteiger partial charge in [0.2, 0.25) is 18.6 Å². The van der Waals surface area contributed by atoms with E-state index >= 15 is 0 Å². The zero-order valence-electron chi connectivity index (χ0n) is 16.6. The van der Waals surface area contributed by atoms with Crippen LogP contribution in [0.2, 0.25) is 0 Å². The van der Waals surface area contributed by atoms with Crippen molar-refractivity contribution in [2.75, 3.05) is 39.5 Å². The van der Waals surface area contributed by atoms with Crippen LogP contribution < -0.4 is 14.8 Å². The van der Waals surface area contributed by atoms with Crippen molar-refractivity contribution in [1.82, 2.24) is 20.0 Å². The number of hydrogen-bond donors (Lipinski definition) is 1. The summed E-state index contributed by atoms with van der Waals surface area (Å²) in [7, 11) is 0. The van der Waals surface area contributed by atoms with Gasteiger partial charge in [0.1, 0.15) is 6.04 Å². The van der Waals surface area contributed by atoms with Crippen molar-refractivity contribution >= 4 is 17.8 Å². The van der Waals surface area contributed by atoms with Crippen molar-refractivity contribution in [1.29, 1.82) is 0 Å². The van der Waals surface area contributed by atoms with Crippen molar-refractivity contribution in [3.8, 4) is 11.5 Å². The maximum Gasteiger partial charge on any atom is 0.317 e. The van der Waals surface area contributed by atoms with Gasteiger partial charge in [0.25, 0.3) is 0 Å². The molecule has 9 heteroatoms. The predicted molar refractivity (Wildman–Crippen MR) is 103 cm³/mol. The largest absolute Gasteiger partial charge is 0.454 e. The molecule has 3 aliphatic heterocycles. The molecule has 3 heterocycles. The molecule has 1 aromatic carbocycles. The molecule has 0 aromatic heterocycles. The fourth-order valence-electron chi connectivity index (χ4n) is 4.10. The molecule has 9 nitrogen and oxygen atoms in total. The van der Waals surface area contributed by atoms with Crippen molar-refractivity contribution in [2.24, 2.45) is 0 Å². The lowest BCUT2D eigenvalue weighted by molar-refractivity contribution is -0.143. The van der Waals surface area contributed by atoms with Crippen molar-refractivity contribution < 1.29 is 23.9 Å². The third kappa shape index (κ3) is 4.08. The first-order valence-corrected chi connectivity index (χ1v) is 10.0. The van der Waals surface area contributed by atoms with Gasteiger partial charge < -0.3 is 29.5 Å². The van der Waals surface area contributed by atoms with Crippen molar-refractivity contribution in [3.63, 3.8) is 0 Å². The van der Waals surface area contributed by atoms with E-state index in [4.69, 9.17) is 9.47 Å². The first-order chi connectivity index (χ1) is 14.0. The summed E-state index contributed by atoms with van der Waals surface area (Å²) >= 11 is 0. The maximum absolute atomic E-state index is 13.3. The highest BCUT2D eigenvalue weighted by Gasteiger charge is 2.35. The summed E-state index contributed by atoms with van der Waals surface area (Å²) in [6.07, 6.45) is 1.49. The van der Waals surface area contributed by atoms with Crippen LogP contribution in [0.25, 0.3) is 0 Å². The second-order valence-corrected chi connectivity index (χ2v) is 7.54. The van der Waals surface area contributed by atoms with Crippen LogP contribution in [0.4, 0.5) is 4.79 Å². The lowest BCUT2D eigenvalue weighted by Gasteiger charge is -2.31. The Morgan fingerprint density at radius 2 is 2.07 bits per heavy atom. The highest BCUT2D eigenvalue weighted by molar-refractivity contribution is 5.87. The monoisotopic (exact) mass is 402 g/mol. The molecule has 4 amide bonds. The van der Waals surface area contributed by atoms with Crippen LogP contribution in [0.15, 0.2) is 18.2 Å². The lowest BCUT2D eigenvalue weighted by Crippen LogP contribution is -2.49. The summed E-state index contributed by atoms with van der Waals surface area (Å²) in [4.78, 5) is 42.3. The number of hydrogen-bond acceptors (Lipinski definition) is 5. The minimum Gasteiger partial charge on any atom is -0.454 e. The molecule has 2 fully saturated rings. The van der Waals surface area contributed by atoms with E-state index in [0.717, 1.165) is 12.0 Å². The topological polar surface area (TPSA) is 91.4 Å². The molecule has 0 bridgehead atoms. The average molecular weight is 402 g/mol. The number of nitrogens with zero attached hydrogens (tertiary/aromatic N) is 3. The van der Waals surface area contributed by atoms with Gasteiger partial charge in [-0.2, -0.15) is 0 Å². The number of rotatable bonds is 6. The molecule has 1 aromatic rings. The summed E-state index contributed by atoms with van der Waals surface area (Å²) in [6, 6.07) is 5.09. The van der Waals surface area contributed by atoms with Crippen molar-refractivity contribution in [2.45, 2.75) is 32.4 Å². The maximum atomic E-state index is 13.3. The molecular formula is C20H26N4O5. The van der Waals surface area contributed by atoms with Crippen LogP contribution in [0.1, 0.15) is 25.3 Å². The van der Waals surface area contributed by atoms with Crippen LogP contribution in [0, 0.1) is 0 Å². The summed E-state index contributed by atoms with van der Waals surface area (Å²) in [5.41, 5.74) is 0.917. The van der Waals surface area contributed by atoms with E-state index in [-0.39, 0.29) is 24.6 Å². The van der Waals surface area contributed by atoms with Gasteiger partial charge in [-0.3, -0.25) is 9.59 Å². The molecular weight excluding hydrogens is 376 g/mol. The van der Waals surface area contributed by atoms with Crippen LogP contribution in [0.5, 0.6) is 11.5 Å². The SMILES string of the molecule is CC(=O)N1CCC[C@@H]1C(=O)N(CCN1CCNC1=O)Cc1ccc2c(c1)OCO2. The van der Waals surface area contributed by atoms with Gasteiger partial charge in [-0.1, -0.05) is 6.07 Å². The molecule has 0 radical (unpaired) electrons. The van der Waals surface area contributed by atoms with E-state index in [1.54, 1.807) is 14.7 Å². The summed E-state index contributed by atoms with van der Waals surface area (Å²) in [5.74, 6) is 1.21. The molecule has 3 aliphatic rings. The number of ether oxygens (including phenoxy) is 2. The highest BCUT2D eigenvalue weighted by Crippen LogP contribution is 2.33. The van der Waals surface area contributed by atoms with Crippen LogP contribution in [0.3, 0.4) is 0 Å². The standard InChI is InChI=1S/C20H26N4O5/c1-14(25)24-7-2-3-16(24)19(26)23(10-9-22-8-6-21-20(22)27)12-15-4-5-17-18(11-15)29-13-28-17/h4-5,11,16H,2-3,6-10,12-13H2,1H3,(H,21,27)/t16-/m1/s1. The summed E-state index contributed by atoms with van der Waals surface area (Å²) in [6.45, 7) is 4.80. The van der Waals surface area contributed by atoms with E-state index in [1.165, 1.54) is 6.92 Å². The number of carbonyl (C=O) groups is 3. The zero-order valence-corrected chi connectivity index (χ0v) is 16.6. The van der Waals surface area contributed by atoms with Crippen molar-refractivity contribution in [3.05, 3.63) is 23.8 Å². The number of benzene rings is 1. The second kappa shape index (κ2) is 8.18. The molecule has 0 unspecified atom stereocenters. The third-order valence-electron chi connectivity index (χ3n) is 5.65. The summed E-state index contributed by atoms with van der Waals surface area (Å²) in [5, 5.41) is 2.78. The molecule has 1 atom stereocenters. The Morgan fingerprint density at radius 1 is 1.24 bits per heavy atom. The molecule has 0 aliphatic carbocycles. The molecule has 1 N–H and O–H groups in total. The number of amides is 4. The molecule has 4 rings (SSSR count). The minimum absolute atomic E-state index is 0.0741. The Labute approximate surface area is 169 Å². The van der Waals surface area contributed by atoms with Gasteiger partial charge in [0.05, 0.1) is 0 Å². The Bertz CT molecular complexity index is 814.